The second kappa shape index (κ2) is 9.94. The van der Waals surface area contributed by atoms with E-state index in [1.807, 2.05) is 25.5 Å². The van der Waals surface area contributed by atoms with Crippen molar-refractivity contribution in [1.82, 2.24) is 35.3 Å². The van der Waals surface area contributed by atoms with Crippen molar-refractivity contribution in [3.8, 4) is 0 Å². The average Bonchev–Trinajstić information content (AvgIpc) is 3.19. The lowest BCUT2D eigenvalue weighted by molar-refractivity contribution is 0.0389. The molecule has 0 amide bonds. The second-order valence-electron chi connectivity index (χ2n) is 6.87. The maximum Gasteiger partial charge on any atom is 0.192 e. The molecule has 0 radical (unpaired) electrons. The third-order valence-corrected chi connectivity index (χ3v) is 5.94. The molecule has 1 aliphatic heterocycles. The Morgan fingerprint density at radius 2 is 1.96 bits per heavy atom. The fourth-order valence-corrected chi connectivity index (χ4v) is 3.72. The van der Waals surface area contributed by atoms with Crippen LogP contribution in [0.3, 0.4) is 0 Å². The number of aromatic nitrogens is 4. The molecule has 2 aromatic heterocycles. The van der Waals surface area contributed by atoms with Crippen molar-refractivity contribution in [2.24, 2.45) is 12.0 Å². The van der Waals surface area contributed by atoms with E-state index in [-0.39, 0.29) is 0 Å². The number of nitrogens with zero attached hydrogens (tertiary/aromatic N) is 6. The monoisotopic (exact) mass is 406 g/mol. The van der Waals surface area contributed by atoms with Crippen molar-refractivity contribution in [3.63, 3.8) is 0 Å². The summed E-state index contributed by atoms with van der Waals surface area (Å²) in [5.74, 6) is 2.49. The van der Waals surface area contributed by atoms with Crippen LogP contribution in [0.4, 0.5) is 0 Å². The van der Waals surface area contributed by atoms with E-state index in [1.165, 1.54) is 4.88 Å². The summed E-state index contributed by atoms with van der Waals surface area (Å²) >= 11 is 1.72. The Morgan fingerprint density at radius 3 is 2.61 bits per heavy atom. The Bertz CT molecular complexity index is 774. The molecule has 9 nitrogen and oxygen atoms in total. The molecule has 0 saturated carbocycles. The summed E-state index contributed by atoms with van der Waals surface area (Å²) in [6.07, 6.45) is 0. The maximum atomic E-state index is 5.41. The van der Waals surface area contributed by atoms with E-state index >= 15 is 0 Å². The van der Waals surface area contributed by atoms with Crippen molar-refractivity contribution < 1.29 is 4.74 Å². The summed E-state index contributed by atoms with van der Waals surface area (Å²) < 4.78 is 7.37. The number of aliphatic imine (C=N–C) groups is 1. The first-order valence-corrected chi connectivity index (χ1v) is 10.4. The molecule has 2 N–H and O–H groups in total. The summed E-state index contributed by atoms with van der Waals surface area (Å²) in [7, 11) is 1.96. The van der Waals surface area contributed by atoms with E-state index in [0.29, 0.717) is 13.1 Å². The van der Waals surface area contributed by atoms with Crippen LogP contribution in [0.2, 0.25) is 0 Å². The first-order chi connectivity index (χ1) is 13.5. The van der Waals surface area contributed by atoms with Gasteiger partial charge in [0.25, 0.3) is 0 Å². The summed E-state index contributed by atoms with van der Waals surface area (Å²) in [6, 6.07) is 0. The van der Waals surface area contributed by atoms with Gasteiger partial charge in [-0.15, -0.1) is 21.5 Å². The van der Waals surface area contributed by atoms with Crippen LogP contribution in [0.25, 0.3) is 0 Å². The van der Waals surface area contributed by atoms with Gasteiger partial charge in [-0.05, 0) is 20.8 Å². The fourth-order valence-electron chi connectivity index (χ4n) is 2.84. The molecule has 10 heteroatoms. The van der Waals surface area contributed by atoms with Gasteiger partial charge in [0.2, 0.25) is 0 Å². The van der Waals surface area contributed by atoms with Gasteiger partial charge < -0.3 is 19.9 Å². The van der Waals surface area contributed by atoms with Crippen LogP contribution in [0, 0.1) is 20.8 Å². The molecule has 0 aromatic carbocycles. The van der Waals surface area contributed by atoms with Gasteiger partial charge in [0.15, 0.2) is 11.8 Å². The molecule has 2 aromatic rings. The third kappa shape index (κ3) is 5.73. The summed E-state index contributed by atoms with van der Waals surface area (Å²) in [5.41, 5.74) is 1.09. The number of guanidine groups is 1. The average molecular weight is 407 g/mol. The Balaban J connectivity index is 1.58. The van der Waals surface area contributed by atoms with Gasteiger partial charge in [-0.3, -0.25) is 4.90 Å². The van der Waals surface area contributed by atoms with Crippen molar-refractivity contribution in [2.75, 3.05) is 39.4 Å². The molecule has 1 aliphatic rings. The van der Waals surface area contributed by atoms with Crippen molar-refractivity contribution in [3.05, 3.63) is 27.2 Å². The number of nitrogens with one attached hydrogen (secondary N) is 2. The molecular weight excluding hydrogens is 376 g/mol. The van der Waals surface area contributed by atoms with Gasteiger partial charge in [0.05, 0.1) is 25.5 Å². The number of morpholine rings is 1. The SMILES string of the molecule is Cc1nc(CNC(=NCc2nnc(C)n2C)NCCN2CCOCC2)sc1C. The van der Waals surface area contributed by atoms with Crippen LogP contribution in [0.1, 0.15) is 27.2 Å². The van der Waals surface area contributed by atoms with E-state index in [2.05, 4.69) is 37.6 Å². The second-order valence-corrected chi connectivity index (χ2v) is 8.16. The minimum Gasteiger partial charge on any atom is -0.379 e. The molecule has 0 aliphatic carbocycles. The Labute approximate surface area is 170 Å². The molecule has 0 bridgehead atoms. The lowest BCUT2D eigenvalue weighted by atomic mass is 10.4. The number of hydrogen-bond acceptors (Lipinski definition) is 7. The molecular formula is C18H30N8OS. The summed E-state index contributed by atoms with van der Waals surface area (Å²) in [5, 5.41) is 16.2. The Morgan fingerprint density at radius 1 is 1.18 bits per heavy atom. The highest BCUT2D eigenvalue weighted by Crippen LogP contribution is 2.15. The van der Waals surface area contributed by atoms with Crippen LogP contribution in [-0.2, 0) is 24.9 Å². The first kappa shape index (κ1) is 20.7. The molecule has 28 heavy (non-hydrogen) atoms. The Kier molecular flexibility index (Phi) is 7.35. The van der Waals surface area contributed by atoms with Gasteiger partial charge >= 0.3 is 0 Å². The lowest BCUT2D eigenvalue weighted by Crippen LogP contribution is -2.44. The van der Waals surface area contributed by atoms with Gasteiger partial charge in [-0.25, -0.2) is 9.98 Å². The van der Waals surface area contributed by atoms with E-state index < -0.39 is 0 Å². The third-order valence-electron chi connectivity index (χ3n) is 4.87. The fraction of sp³-hybridized carbons (Fsp3) is 0.667. The minimum atomic E-state index is 0.472. The number of rotatable bonds is 7. The van der Waals surface area contributed by atoms with Crippen molar-refractivity contribution >= 4 is 17.3 Å². The molecule has 3 heterocycles. The molecule has 0 unspecified atom stereocenters. The number of ether oxygens (including phenoxy) is 1. The number of hydrogen-bond donors (Lipinski definition) is 2. The molecule has 154 valence electrons. The molecule has 0 spiro atoms. The molecule has 0 atom stereocenters. The highest BCUT2D eigenvalue weighted by atomic mass is 32.1. The van der Waals surface area contributed by atoms with Crippen molar-refractivity contribution in [1.29, 1.82) is 0 Å². The van der Waals surface area contributed by atoms with E-state index in [0.717, 1.165) is 67.7 Å². The zero-order chi connectivity index (χ0) is 19.9. The highest BCUT2D eigenvalue weighted by molar-refractivity contribution is 7.11. The topological polar surface area (TPSA) is 92.5 Å². The molecule has 3 rings (SSSR count). The zero-order valence-electron chi connectivity index (χ0n) is 17.2. The van der Waals surface area contributed by atoms with Crippen molar-refractivity contribution in [2.45, 2.75) is 33.9 Å². The molecule has 1 fully saturated rings. The quantitative estimate of drug-likeness (QED) is 0.518. The van der Waals surface area contributed by atoms with E-state index in [4.69, 9.17) is 9.73 Å². The van der Waals surface area contributed by atoms with Crippen LogP contribution in [0.15, 0.2) is 4.99 Å². The maximum absolute atomic E-state index is 5.41. The lowest BCUT2D eigenvalue weighted by Gasteiger charge is -2.26. The predicted octanol–water partition coefficient (Wildman–Crippen LogP) is 0.764. The van der Waals surface area contributed by atoms with Crippen LogP contribution in [-0.4, -0.2) is 70.0 Å². The predicted molar refractivity (Wildman–Crippen MR) is 111 cm³/mol. The van der Waals surface area contributed by atoms with Gasteiger partial charge in [-0.2, -0.15) is 0 Å². The largest absolute Gasteiger partial charge is 0.379 e. The van der Waals surface area contributed by atoms with Crippen LogP contribution >= 0.6 is 11.3 Å². The molecule has 1 saturated heterocycles. The number of aryl methyl sites for hydroxylation is 3. The number of thiazole rings is 1. The normalized spacial score (nSPS) is 15.8. The summed E-state index contributed by atoms with van der Waals surface area (Å²) in [6.45, 7) is 12.6. The standard InChI is InChI=1S/C18H30N8OS/c1-13-14(2)28-17(22-13)12-21-18(19-5-6-26-7-9-27-10-8-26)20-11-16-24-23-15(3)25(16)4/h5-12H2,1-4H3,(H2,19,20,21). The van der Waals surface area contributed by atoms with Gasteiger partial charge in [0, 0.05) is 38.1 Å². The van der Waals surface area contributed by atoms with Crippen LogP contribution < -0.4 is 10.6 Å². The van der Waals surface area contributed by atoms with Crippen LogP contribution in [0.5, 0.6) is 0 Å². The highest BCUT2D eigenvalue weighted by Gasteiger charge is 2.11. The van der Waals surface area contributed by atoms with Gasteiger partial charge in [0.1, 0.15) is 17.4 Å². The smallest absolute Gasteiger partial charge is 0.192 e. The van der Waals surface area contributed by atoms with Gasteiger partial charge in [-0.1, -0.05) is 0 Å². The first-order valence-electron chi connectivity index (χ1n) is 9.63. The van der Waals surface area contributed by atoms with E-state index in [9.17, 15) is 0 Å². The zero-order valence-corrected chi connectivity index (χ0v) is 18.0. The summed E-state index contributed by atoms with van der Waals surface area (Å²) in [4.78, 5) is 12.9. The minimum absolute atomic E-state index is 0.472. The Hall–Kier alpha value is -2.04. The van der Waals surface area contributed by atoms with E-state index in [1.54, 1.807) is 11.3 Å².